The molecule has 1 fully saturated rings. The number of aliphatic hydroxyl groups is 1. The molecule has 1 aliphatic rings. The molecule has 2 N–H and O–H groups in total. The number of hydrogen-bond acceptors (Lipinski definition) is 3. The van der Waals surface area contributed by atoms with Gasteiger partial charge >= 0.3 is 0 Å². The summed E-state index contributed by atoms with van der Waals surface area (Å²) in [5.41, 5.74) is 0. The van der Waals surface area contributed by atoms with Crippen molar-refractivity contribution in [2.24, 2.45) is 5.92 Å². The number of hydrogen-bond donors (Lipinski definition) is 2. The Hall–Kier alpha value is -0.610. The predicted molar refractivity (Wildman–Crippen MR) is 73.4 cm³/mol. The normalized spacial score (nSPS) is 23.9. The van der Waals surface area contributed by atoms with Gasteiger partial charge in [-0.15, -0.1) is 0 Å². The summed E-state index contributed by atoms with van der Waals surface area (Å²) in [6.07, 6.45) is 4.13. The fourth-order valence-electron chi connectivity index (χ4n) is 2.46. The summed E-state index contributed by atoms with van der Waals surface area (Å²) in [5.74, 6) is 0.442. The molecule has 0 aromatic rings. The number of carbonyl (C=O) groups is 1. The van der Waals surface area contributed by atoms with E-state index >= 15 is 0 Å². The summed E-state index contributed by atoms with van der Waals surface area (Å²) in [5, 5.41) is 12.6. The number of nitrogens with zero attached hydrogens (tertiary/aromatic N) is 1. The molecule has 1 saturated heterocycles. The van der Waals surface area contributed by atoms with Crippen LogP contribution >= 0.6 is 0 Å². The molecule has 1 heterocycles. The van der Waals surface area contributed by atoms with Gasteiger partial charge < -0.3 is 10.4 Å². The second-order valence-corrected chi connectivity index (χ2v) is 5.46. The Morgan fingerprint density at radius 3 is 2.72 bits per heavy atom. The van der Waals surface area contributed by atoms with E-state index in [9.17, 15) is 9.90 Å². The lowest BCUT2D eigenvalue weighted by Gasteiger charge is -2.24. The van der Waals surface area contributed by atoms with Crippen LogP contribution in [0.4, 0.5) is 0 Å². The fourth-order valence-corrected chi connectivity index (χ4v) is 2.46. The van der Waals surface area contributed by atoms with Gasteiger partial charge in [0, 0.05) is 13.1 Å². The first-order valence-electron chi connectivity index (χ1n) is 7.26. The highest BCUT2D eigenvalue weighted by molar-refractivity contribution is 5.81. The highest BCUT2D eigenvalue weighted by Gasteiger charge is 2.31. The zero-order valence-corrected chi connectivity index (χ0v) is 12.0. The molecular formula is C14H28N2O2. The molecule has 0 aromatic heterocycles. The monoisotopic (exact) mass is 256 g/mol. The number of likely N-dealkylation sites (tertiary alicyclic amines) is 1. The van der Waals surface area contributed by atoms with Crippen molar-refractivity contribution in [1.82, 2.24) is 10.2 Å². The number of amides is 1. The van der Waals surface area contributed by atoms with Crippen molar-refractivity contribution in [2.75, 3.05) is 19.6 Å². The van der Waals surface area contributed by atoms with Crippen LogP contribution in [0.2, 0.25) is 0 Å². The first-order valence-corrected chi connectivity index (χ1v) is 7.26. The van der Waals surface area contributed by atoms with Gasteiger partial charge in [0.25, 0.3) is 0 Å². The van der Waals surface area contributed by atoms with Crippen LogP contribution in [0.3, 0.4) is 0 Å². The van der Waals surface area contributed by atoms with Crippen LogP contribution < -0.4 is 5.32 Å². The van der Waals surface area contributed by atoms with Crippen LogP contribution in [0.1, 0.15) is 46.5 Å². The minimum atomic E-state index is -0.269. The summed E-state index contributed by atoms with van der Waals surface area (Å²) in [4.78, 5) is 14.1. The van der Waals surface area contributed by atoms with E-state index in [1.54, 1.807) is 0 Å². The zero-order chi connectivity index (χ0) is 13.5. The Morgan fingerprint density at radius 1 is 1.44 bits per heavy atom. The first kappa shape index (κ1) is 15.4. The Morgan fingerprint density at radius 2 is 2.17 bits per heavy atom. The summed E-state index contributed by atoms with van der Waals surface area (Å²) in [6.45, 7) is 8.49. The minimum absolute atomic E-state index is 0.0737. The van der Waals surface area contributed by atoms with Crippen LogP contribution in [0, 0.1) is 5.92 Å². The van der Waals surface area contributed by atoms with E-state index in [2.05, 4.69) is 17.1 Å². The number of aliphatic hydroxyl groups excluding tert-OH is 1. The summed E-state index contributed by atoms with van der Waals surface area (Å²) < 4.78 is 0. The molecule has 3 atom stereocenters. The van der Waals surface area contributed by atoms with Crippen LogP contribution in [-0.4, -0.2) is 47.7 Å². The Bertz CT molecular complexity index is 256. The molecule has 0 saturated carbocycles. The van der Waals surface area contributed by atoms with Crippen molar-refractivity contribution >= 4 is 5.91 Å². The van der Waals surface area contributed by atoms with E-state index in [0.717, 1.165) is 32.5 Å². The average molecular weight is 256 g/mol. The largest absolute Gasteiger partial charge is 0.393 e. The summed E-state index contributed by atoms with van der Waals surface area (Å²) >= 11 is 0. The fraction of sp³-hybridized carbons (Fsp3) is 0.929. The molecular weight excluding hydrogens is 228 g/mol. The maximum absolute atomic E-state index is 12.0. The average Bonchev–Trinajstić information content (AvgIpc) is 2.83. The molecule has 3 unspecified atom stereocenters. The van der Waals surface area contributed by atoms with Crippen molar-refractivity contribution in [2.45, 2.75) is 58.6 Å². The van der Waals surface area contributed by atoms with Gasteiger partial charge in [-0.25, -0.2) is 0 Å². The standard InChI is InChI=1S/C14H28N2O2/c1-4-5-6-8-15-14(18)11(2)16-9-7-13(10-16)12(3)17/h11-13,17H,4-10H2,1-3H3,(H,15,18). The molecule has 0 aliphatic carbocycles. The molecule has 0 spiro atoms. The quantitative estimate of drug-likeness (QED) is 0.677. The highest BCUT2D eigenvalue weighted by Crippen LogP contribution is 2.21. The molecule has 1 rings (SSSR count). The summed E-state index contributed by atoms with van der Waals surface area (Å²) in [7, 11) is 0. The molecule has 1 aliphatic heterocycles. The Kier molecular flexibility index (Phi) is 6.65. The molecule has 0 bridgehead atoms. The third-order valence-electron chi connectivity index (χ3n) is 3.95. The second-order valence-electron chi connectivity index (χ2n) is 5.46. The molecule has 0 radical (unpaired) electrons. The second kappa shape index (κ2) is 7.74. The van der Waals surface area contributed by atoms with E-state index in [1.807, 2.05) is 13.8 Å². The maximum Gasteiger partial charge on any atom is 0.237 e. The number of carbonyl (C=O) groups excluding carboxylic acids is 1. The maximum atomic E-state index is 12.0. The van der Waals surface area contributed by atoms with E-state index in [4.69, 9.17) is 0 Å². The number of rotatable bonds is 7. The zero-order valence-electron chi connectivity index (χ0n) is 12.0. The lowest BCUT2D eigenvalue weighted by Crippen LogP contribution is -2.44. The third kappa shape index (κ3) is 4.58. The van der Waals surface area contributed by atoms with Crippen molar-refractivity contribution in [3.05, 3.63) is 0 Å². The highest BCUT2D eigenvalue weighted by atomic mass is 16.3. The molecule has 4 nitrogen and oxygen atoms in total. The van der Waals surface area contributed by atoms with Gasteiger partial charge in [0.1, 0.15) is 0 Å². The first-order chi connectivity index (χ1) is 8.56. The van der Waals surface area contributed by atoms with E-state index < -0.39 is 0 Å². The Labute approximate surface area is 111 Å². The number of unbranched alkanes of at least 4 members (excludes halogenated alkanes) is 2. The van der Waals surface area contributed by atoms with Gasteiger partial charge in [-0.2, -0.15) is 0 Å². The van der Waals surface area contributed by atoms with Crippen LogP contribution in [0.5, 0.6) is 0 Å². The molecule has 1 amide bonds. The topological polar surface area (TPSA) is 52.6 Å². The number of nitrogens with one attached hydrogen (secondary N) is 1. The van der Waals surface area contributed by atoms with Gasteiger partial charge in [-0.05, 0) is 39.2 Å². The van der Waals surface area contributed by atoms with E-state index in [1.165, 1.54) is 12.8 Å². The molecule has 18 heavy (non-hydrogen) atoms. The predicted octanol–water partition coefficient (Wildman–Crippen LogP) is 1.38. The van der Waals surface area contributed by atoms with E-state index in [-0.39, 0.29) is 18.1 Å². The third-order valence-corrected chi connectivity index (χ3v) is 3.95. The van der Waals surface area contributed by atoms with Gasteiger partial charge in [0.05, 0.1) is 12.1 Å². The lowest BCUT2D eigenvalue weighted by atomic mass is 10.0. The van der Waals surface area contributed by atoms with Crippen LogP contribution in [0.25, 0.3) is 0 Å². The van der Waals surface area contributed by atoms with Crippen molar-refractivity contribution in [3.8, 4) is 0 Å². The van der Waals surface area contributed by atoms with Crippen LogP contribution in [0.15, 0.2) is 0 Å². The molecule has 0 aromatic carbocycles. The van der Waals surface area contributed by atoms with Gasteiger partial charge in [0.2, 0.25) is 5.91 Å². The Balaban J connectivity index is 2.27. The minimum Gasteiger partial charge on any atom is -0.393 e. The molecule has 4 heteroatoms. The van der Waals surface area contributed by atoms with E-state index in [0.29, 0.717) is 5.92 Å². The van der Waals surface area contributed by atoms with Crippen LogP contribution in [-0.2, 0) is 4.79 Å². The lowest BCUT2D eigenvalue weighted by molar-refractivity contribution is -0.125. The summed E-state index contributed by atoms with van der Waals surface area (Å²) in [6, 6.07) is -0.0737. The van der Waals surface area contributed by atoms with Gasteiger partial charge in [-0.3, -0.25) is 9.69 Å². The smallest absolute Gasteiger partial charge is 0.237 e. The molecule has 106 valence electrons. The van der Waals surface area contributed by atoms with Crippen molar-refractivity contribution in [1.29, 1.82) is 0 Å². The van der Waals surface area contributed by atoms with Crippen molar-refractivity contribution in [3.63, 3.8) is 0 Å². The van der Waals surface area contributed by atoms with Gasteiger partial charge in [-0.1, -0.05) is 19.8 Å². The van der Waals surface area contributed by atoms with Crippen molar-refractivity contribution < 1.29 is 9.90 Å². The van der Waals surface area contributed by atoms with Gasteiger partial charge in [0.15, 0.2) is 0 Å². The SMILES string of the molecule is CCCCCNC(=O)C(C)N1CCC(C(C)O)C1.